The highest BCUT2D eigenvalue weighted by Crippen LogP contribution is 2.40. The van der Waals surface area contributed by atoms with Crippen LogP contribution in [0.15, 0.2) is 24.3 Å². The van der Waals surface area contributed by atoms with E-state index >= 15 is 0 Å². The van der Waals surface area contributed by atoms with Crippen LogP contribution in [0.25, 0.3) is 0 Å². The molecular weight excluding hydrogens is 307 g/mol. The van der Waals surface area contributed by atoms with Crippen LogP contribution in [0.3, 0.4) is 0 Å². The molecule has 132 valence electrons. The molecule has 1 atom stereocenters. The molecule has 2 fully saturated rings. The number of nitrogens with zero attached hydrogens (tertiary/aromatic N) is 1. The lowest BCUT2D eigenvalue weighted by molar-refractivity contribution is 0.0872. The van der Waals surface area contributed by atoms with Crippen molar-refractivity contribution in [1.29, 1.82) is 0 Å². The molecule has 1 aromatic carbocycles. The van der Waals surface area contributed by atoms with Gasteiger partial charge in [0.25, 0.3) is 0 Å². The molecule has 1 N–H and O–H groups in total. The van der Waals surface area contributed by atoms with Gasteiger partial charge < -0.3 is 15.0 Å². The second-order valence-electron chi connectivity index (χ2n) is 7.17. The number of carbonyl (C=O) groups is 1. The Labute approximate surface area is 143 Å². The molecule has 5 heteroatoms. The predicted octanol–water partition coefficient (Wildman–Crippen LogP) is 3.46. The van der Waals surface area contributed by atoms with Gasteiger partial charge in [0.1, 0.15) is 5.82 Å². The van der Waals surface area contributed by atoms with Crippen LogP contribution in [0.4, 0.5) is 9.18 Å². The minimum absolute atomic E-state index is 0.0758. The standard InChI is InChI=1S/C19H27FN2O2/c1-22(13-17-8-5-11-24-17)18(23)21-14-19(9-2-3-10-19)15-6-4-7-16(20)12-15/h4,6-7,12,17H,2-3,5,8-11,13-14H2,1H3,(H,21,23)/t17-/m0/s1. The number of amides is 2. The van der Waals surface area contributed by atoms with Crippen molar-refractivity contribution in [1.82, 2.24) is 10.2 Å². The first-order chi connectivity index (χ1) is 11.6. The fourth-order valence-corrected chi connectivity index (χ4v) is 3.99. The molecule has 2 amide bonds. The topological polar surface area (TPSA) is 41.6 Å². The number of likely N-dealkylation sites (N-methyl/N-ethyl adjacent to an activating group) is 1. The first-order valence-corrected chi connectivity index (χ1v) is 8.96. The quantitative estimate of drug-likeness (QED) is 0.896. The van der Waals surface area contributed by atoms with E-state index < -0.39 is 0 Å². The largest absolute Gasteiger partial charge is 0.376 e. The van der Waals surface area contributed by atoms with Gasteiger partial charge in [-0.25, -0.2) is 9.18 Å². The smallest absolute Gasteiger partial charge is 0.317 e. The van der Waals surface area contributed by atoms with Crippen molar-refractivity contribution in [3.63, 3.8) is 0 Å². The summed E-state index contributed by atoms with van der Waals surface area (Å²) in [7, 11) is 1.81. The highest BCUT2D eigenvalue weighted by Gasteiger charge is 2.36. The Kier molecular flexibility index (Phi) is 5.39. The monoisotopic (exact) mass is 334 g/mol. The maximum Gasteiger partial charge on any atom is 0.317 e. The lowest BCUT2D eigenvalue weighted by Crippen LogP contribution is -2.46. The Morgan fingerprint density at radius 2 is 2.17 bits per heavy atom. The SMILES string of the molecule is CN(C[C@@H]1CCCO1)C(=O)NCC1(c2cccc(F)c2)CCCC1. The molecule has 24 heavy (non-hydrogen) atoms. The molecule has 0 spiro atoms. The normalized spacial score (nSPS) is 22.5. The summed E-state index contributed by atoms with van der Waals surface area (Å²) in [6, 6.07) is 6.76. The molecule has 0 radical (unpaired) electrons. The van der Waals surface area contributed by atoms with E-state index in [0.717, 1.165) is 50.7 Å². The zero-order valence-electron chi connectivity index (χ0n) is 14.4. The lowest BCUT2D eigenvalue weighted by atomic mass is 9.79. The van der Waals surface area contributed by atoms with Crippen LogP contribution in [0, 0.1) is 5.82 Å². The summed E-state index contributed by atoms with van der Waals surface area (Å²) >= 11 is 0. The molecule has 1 aromatic rings. The molecule has 0 aromatic heterocycles. The molecular formula is C19H27FN2O2. The minimum Gasteiger partial charge on any atom is -0.376 e. The van der Waals surface area contributed by atoms with Gasteiger partial charge in [-0.3, -0.25) is 0 Å². The van der Waals surface area contributed by atoms with Gasteiger partial charge in [-0.05, 0) is 43.4 Å². The second-order valence-corrected chi connectivity index (χ2v) is 7.17. The van der Waals surface area contributed by atoms with E-state index in [1.165, 1.54) is 6.07 Å². The highest BCUT2D eigenvalue weighted by atomic mass is 19.1. The van der Waals surface area contributed by atoms with Crippen molar-refractivity contribution in [2.24, 2.45) is 0 Å². The number of nitrogens with one attached hydrogen (secondary N) is 1. The van der Waals surface area contributed by atoms with Crippen molar-refractivity contribution in [3.05, 3.63) is 35.6 Å². The van der Waals surface area contributed by atoms with Gasteiger partial charge in [-0.1, -0.05) is 25.0 Å². The second kappa shape index (κ2) is 7.51. The Balaban J connectivity index is 1.60. The van der Waals surface area contributed by atoms with Gasteiger partial charge in [0.05, 0.1) is 6.10 Å². The van der Waals surface area contributed by atoms with E-state index in [9.17, 15) is 9.18 Å². The summed E-state index contributed by atoms with van der Waals surface area (Å²) < 4.78 is 19.2. The van der Waals surface area contributed by atoms with Crippen molar-refractivity contribution < 1.29 is 13.9 Å². The van der Waals surface area contributed by atoms with Crippen molar-refractivity contribution in [2.45, 2.75) is 50.0 Å². The molecule has 2 aliphatic rings. The van der Waals surface area contributed by atoms with Gasteiger partial charge >= 0.3 is 6.03 Å². The summed E-state index contributed by atoms with van der Waals surface area (Å²) in [4.78, 5) is 14.1. The summed E-state index contributed by atoms with van der Waals surface area (Å²) in [5.41, 5.74) is 0.865. The maximum atomic E-state index is 13.6. The van der Waals surface area contributed by atoms with E-state index in [0.29, 0.717) is 13.1 Å². The number of ether oxygens (including phenoxy) is 1. The number of carbonyl (C=O) groups excluding carboxylic acids is 1. The third kappa shape index (κ3) is 3.89. The van der Waals surface area contributed by atoms with Crippen molar-refractivity contribution >= 4 is 6.03 Å². The molecule has 4 nitrogen and oxygen atoms in total. The summed E-state index contributed by atoms with van der Waals surface area (Å²) in [6.07, 6.45) is 6.48. The molecule has 1 aliphatic carbocycles. The molecule has 0 bridgehead atoms. The third-order valence-corrected chi connectivity index (χ3v) is 5.42. The highest BCUT2D eigenvalue weighted by molar-refractivity contribution is 5.74. The maximum absolute atomic E-state index is 13.6. The Morgan fingerprint density at radius 3 is 2.83 bits per heavy atom. The van der Waals surface area contributed by atoms with Gasteiger partial charge in [0, 0.05) is 32.2 Å². The van der Waals surface area contributed by atoms with Gasteiger partial charge in [-0.2, -0.15) is 0 Å². The Bertz CT molecular complexity index is 566. The van der Waals surface area contributed by atoms with E-state index in [2.05, 4.69) is 5.32 Å². The Hall–Kier alpha value is -1.62. The lowest BCUT2D eigenvalue weighted by Gasteiger charge is -2.31. The van der Waals surface area contributed by atoms with E-state index in [-0.39, 0.29) is 23.4 Å². The van der Waals surface area contributed by atoms with Crippen LogP contribution in [-0.4, -0.2) is 43.8 Å². The number of hydrogen-bond donors (Lipinski definition) is 1. The summed E-state index contributed by atoms with van der Waals surface area (Å²) in [5, 5.41) is 3.07. The van der Waals surface area contributed by atoms with Crippen LogP contribution >= 0.6 is 0 Å². The zero-order chi connectivity index (χ0) is 17.0. The van der Waals surface area contributed by atoms with Crippen LogP contribution in [0.5, 0.6) is 0 Å². The van der Waals surface area contributed by atoms with E-state index in [1.807, 2.05) is 6.07 Å². The van der Waals surface area contributed by atoms with Crippen LogP contribution in [-0.2, 0) is 10.2 Å². The number of rotatable bonds is 5. The van der Waals surface area contributed by atoms with E-state index in [1.54, 1.807) is 24.1 Å². The van der Waals surface area contributed by atoms with Gasteiger partial charge in [-0.15, -0.1) is 0 Å². The minimum atomic E-state index is -0.208. The molecule has 1 aliphatic heterocycles. The molecule has 1 heterocycles. The van der Waals surface area contributed by atoms with Crippen molar-refractivity contribution in [2.75, 3.05) is 26.7 Å². The molecule has 0 unspecified atom stereocenters. The van der Waals surface area contributed by atoms with Crippen LogP contribution in [0.2, 0.25) is 0 Å². The molecule has 3 rings (SSSR count). The Morgan fingerprint density at radius 1 is 1.38 bits per heavy atom. The van der Waals surface area contributed by atoms with Gasteiger partial charge in [0.2, 0.25) is 0 Å². The predicted molar refractivity (Wildman–Crippen MR) is 91.5 cm³/mol. The third-order valence-electron chi connectivity index (χ3n) is 5.42. The number of urea groups is 1. The first kappa shape index (κ1) is 17.2. The summed E-state index contributed by atoms with van der Waals surface area (Å²) in [5.74, 6) is -0.208. The van der Waals surface area contributed by atoms with E-state index in [4.69, 9.17) is 4.74 Å². The van der Waals surface area contributed by atoms with Gasteiger partial charge in [0.15, 0.2) is 0 Å². The average Bonchev–Trinajstić information content (AvgIpc) is 3.25. The van der Waals surface area contributed by atoms with Crippen LogP contribution in [0.1, 0.15) is 44.1 Å². The zero-order valence-corrected chi connectivity index (χ0v) is 14.4. The molecule has 1 saturated heterocycles. The first-order valence-electron chi connectivity index (χ1n) is 8.96. The number of hydrogen-bond acceptors (Lipinski definition) is 2. The van der Waals surface area contributed by atoms with Crippen molar-refractivity contribution in [3.8, 4) is 0 Å². The molecule has 1 saturated carbocycles. The van der Waals surface area contributed by atoms with Crippen LogP contribution < -0.4 is 5.32 Å². The number of benzene rings is 1. The fourth-order valence-electron chi connectivity index (χ4n) is 3.99. The average molecular weight is 334 g/mol. The fraction of sp³-hybridized carbons (Fsp3) is 0.632. The summed E-state index contributed by atoms with van der Waals surface area (Å²) in [6.45, 7) is 1.98. The number of halogens is 1.